The van der Waals surface area contributed by atoms with Crippen LogP contribution in [-0.4, -0.2) is 20.3 Å². The van der Waals surface area contributed by atoms with Crippen LogP contribution in [0.5, 0.6) is 0 Å². The van der Waals surface area contributed by atoms with Crippen molar-refractivity contribution in [3.05, 3.63) is 17.5 Å². The molecular formula is C13H19N3S. The Labute approximate surface area is 107 Å². The van der Waals surface area contributed by atoms with Gasteiger partial charge in [0.1, 0.15) is 4.75 Å². The monoisotopic (exact) mass is 249 g/mol. The van der Waals surface area contributed by atoms with Gasteiger partial charge in [-0.25, -0.2) is 0 Å². The van der Waals surface area contributed by atoms with Crippen LogP contribution in [0.15, 0.2) is 6.07 Å². The van der Waals surface area contributed by atoms with Gasteiger partial charge in [-0.1, -0.05) is 6.92 Å². The SMILES string of the molecule is CCc1cc(CC2(C#N)CCCS2)n(CC)n1. The molecule has 0 bridgehead atoms. The average Bonchev–Trinajstić information content (AvgIpc) is 2.97. The standard InChI is InChI=1S/C13H19N3S/c1-3-11-8-12(16(4-2)15-11)9-13(10-14)6-5-7-17-13/h8H,3-7,9H2,1-2H3. The maximum atomic E-state index is 9.40. The maximum Gasteiger partial charge on any atom is 0.108 e. The van der Waals surface area contributed by atoms with E-state index in [2.05, 4.69) is 35.8 Å². The smallest absolute Gasteiger partial charge is 0.108 e. The van der Waals surface area contributed by atoms with Crippen LogP contribution in [0.25, 0.3) is 0 Å². The van der Waals surface area contributed by atoms with Crippen molar-refractivity contribution >= 4 is 11.8 Å². The van der Waals surface area contributed by atoms with Crippen LogP contribution < -0.4 is 0 Å². The number of nitriles is 1. The van der Waals surface area contributed by atoms with E-state index in [9.17, 15) is 5.26 Å². The van der Waals surface area contributed by atoms with Gasteiger partial charge in [0.05, 0.1) is 11.8 Å². The Kier molecular flexibility index (Phi) is 3.78. The lowest BCUT2D eigenvalue weighted by molar-refractivity contribution is 0.578. The van der Waals surface area contributed by atoms with Gasteiger partial charge in [-0.15, -0.1) is 11.8 Å². The summed E-state index contributed by atoms with van der Waals surface area (Å²) in [6, 6.07) is 4.69. The van der Waals surface area contributed by atoms with E-state index in [0.29, 0.717) is 0 Å². The first kappa shape index (κ1) is 12.5. The Balaban J connectivity index is 2.22. The molecule has 17 heavy (non-hydrogen) atoms. The molecule has 0 saturated carbocycles. The number of hydrogen-bond donors (Lipinski definition) is 0. The van der Waals surface area contributed by atoms with Gasteiger partial charge >= 0.3 is 0 Å². The number of nitrogens with zero attached hydrogens (tertiary/aromatic N) is 3. The molecule has 2 heterocycles. The van der Waals surface area contributed by atoms with E-state index in [0.717, 1.165) is 37.3 Å². The zero-order valence-electron chi connectivity index (χ0n) is 10.6. The maximum absolute atomic E-state index is 9.40. The molecule has 1 aliphatic heterocycles. The highest BCUT2D eigenvalue weighted by atomic mass is 32.2. The molecule has 1 aliphatic rings. The predicted molar refractivity (Wildman–Crippen MR) is 71.0 cm³/mol. The Hall–Kier alpha value is -0.950. The molecule has 1 aromatic rings. The Morgan fingerprint density at radius 3 is 2.94 bits per heavy atom. The van der Waals surface area contributed by atoms with Gasteiger partial charge in [0.15, 0.2) is 0 Å². The van der Waals surface area contributed by atoms with E-state index in [1.54, 1.807) is 0 Å². The summed E-state index contributed by atoms with van der Waals surface area (Å²) in [7, 11) is 0. The van der Waals surface area contributed by atoms with E-state index >= 15 is 0 Å². The summed E-state index contributed by atoms with van der Waals surface area (Å²) in [5, 5.41) is 14.0. The lowest BCUT2D eigenvalue weighted by atomic mass is 9.98. The number of thioether (sulfide) groups is 1. The summed E-state index contributed by atoms with van der Waals surface area (Å²) in [6.45, 7) is 5.12. The molecule has 1 saturated heterocycles. The highest BCUT2D eigenvalue weighted by molar-refractivity contribution is 8.01. The third-order valence-electron chi connectivity index (χ3n) is 3.35. The third kappa shape index (κ3) is 2.50. The zero-order valence-corrected chi connectivity index (χ0v) is 11.4. The minimum Gasteiger partial charge on any atom is -0.270 e. The van der Waals surface area contributed by atoms with E-state index < -0.39 is 0 Å². The van der Waals surface area contributed by atoms with E-state index in [1.165, 1.54) is 12.1 Å². The Bertz CT molecular complexity index is 424. The van der Waals surface area contributed by atoms with Gasteiger partial charge in [0, 0.05) is 18.7 Å². The van der Waals surface area contributed by atoms with Crippen molar-refractivity contribution in [3.63, 3.8) is 0 Å². The summed E-state index contributed by atoms with van der Waals surface area (Å²) < 4.78 is 1.86. The fourth-order valence-electron chi connectivity index (χ4n) is 2.36. The largest absolute Gasteiger partial charge is 0.270 e. The first-order valence-electron chi connectivity index (χ1n) is 6.34. The van der Waals surface area contributed by atoms with Crippen molar-refractivity contribution in [3.8, 4) is 6.07 Å². The van der Waals surface area contributed by atoms with Gasteiger partial charge in [-0.3, -0.25) is 4.68 Å². The minimum absolute atomic E-state index is 0.196. The molecule has 92 valence electrons. The lowest BCUT2D eigenvalue weighted by Crippen LogP contribution is -2.23. The average molecular weight is 249 g/mol. The van der Waals surface area contributed by atoms with Crippen molar-refractivity contribution in [2.75, 3.05) is 5.75 Å². The van der Waals surface area contributed by atoms with E-state index in [1.807, 2.05) is 11.8 Å². The highest BCUT2D eigenvalue weighted by Crippen LogP contribution is 2.40. The van der Waals surface area contributed by atoms with Gasteiger partial charge < -0.3 is 0 Å². The number of rotatable bonds is 4. The lowest BCUT2D eigenvalue weighted by Gasteiger charge is -2.19. The van der Waals surface area contributed by atoms with Gasteiger partial charge in [-0.05, 0) is 38.0 Å². The molecule has 1 aromatic heterocycles. The van der Waals surface area contributed by atoms with Crippen LogP contribution in [0.2, 0.25) is 0 Å². The number of hydrogen-bond acceptors (Lipinski definition) is 3. The van der Waals surface area contributed by atoms with Crippen molar-refractivity contribution in [1.82, 2.24) is 9.78 Å². The highest BCUT2D eigenvalue weighted by Gasteiger charge is 2.36. The fourth-order valence-corrected chi connectivity index (χ4v) is 3.64. The first-order chi connectivity index (χ1) is 8.23. The molecule has 0 N–H and O–H groups in total. The summed E-state index contributed by atoms with van der Waals surface area (Å²) in [5.74, 6) is 1.12. The summed E-state index contributed by atoms with van der Waals surface area (Å²) in [4.78, 5) is 0. The normalized spacial score (nSPS) is 23.8. The number of aromatic nitrogens is 2. The molecule has 2 rings (SSSR count). The molecule has 1 fully saturated rings. The van der Waals surface area contributed by atoms with Crippen LogP contribution in [0.3, 0.4) is 0 Å². The molecule has 0 aromatic carbocycles. The molecule has 0 radical (unpaired) electrons. The minimum atomic E-state index is -0.196. The summed E-state index contributed by atoms with van der Waals surface area (Å²) >= 11 is 1.82. The van der Waals surface area contributed by atoms with E-state index in [4.69, 9.17) is 0 Å². The van der Waals surface area contributed by atoms with Gasteiger partial charge in [-0.2, -0.15) is 10.4 Å². The van der Waals surface area contributed by atoms with Gasteiger partial charge in [0.2, 0.25) is 0 Å². The van der Waals surface area contributed by atoms with Crippen LogP contribution in [0.4, 0.5) is 0 Å². The molecule has 4 heteroatoms. The predicted octanol–water partition coefficient (Wildman–Crippen LogP) is 2.80. The van der Waals surface area contributed by atoms with Crippen LogP contribution in [0, 0.1) is 11.3 Å². The molecule has 0 aliphatic carbocycles. The van der Waals surface area contributed by atoms with Crippen molar-refractivity contribution in [2.45, 2.75) is 50.8 Å². The van der Waals surface area contributed by atoms with Crippen molar-refractivity contribution in [2.24, 2.45) is 0 Å². The third-order valence-corrected chi connectivity index (χ3v) is 4.83. The second-order valence-electron chi connectivity index (χ2n) is 4.53. The molecule has 3 nitrogen and oxygen atoms in total. The zero-order chi connectivity index (χ0) is 12.3. The van der Waals surface area contributed by atoms with Crippen LogP contribution >= 0.6 is 11.8 Å². The second kappa shape index (κ2) is 5.14. The van der Waals surface area contributed by atoms with Crippen LogP contribution in [0.1, 0.15) is 38.1 Å². The molecule has 1 atom stereocenters. The van der Waals surface area contributed by atoms with Gasteiger partial charge in [0.25, 0.3) is 0 Å². The topological polar surface area (TPSA) is 41.6 Å². The second-order valence-corrected chi connectivity index (χ2v) is 6.01. The van der Waals surface area contributed by atoms with E-state index in [-0.39, 0.29) is 4.75 Å². The number of aryl methyl sites for hydroxylation is 2. The summed E-state index contributed by atoms with van der Waals surface area (Å²) in [6.07, 6.45) is 3.99. The van der Waals surface area contributed by atoms with Crippen LogP contribution in [-0.2, 0) is 19.4 Å². The van der Waals surface area contributed by atoms with Crippen molar-refractivity contribution < 1.29 is 0 Å². The van der Waals surface area contributed by atoms with Crippen molar-refractivity contribution in [1.29, 1.82) is 5.26 Å². The molecule has 0 amide bonds. The molecule has 0 spiro atoms. The molecule has 1 unspecified atom stereocenters. The quantitative estimate of drug-likeness (QED) is 0.824. The molecular weight excluding hydrogens is 230 g/mol. The Morgan fingerprint density at radius 2 is 2.41 bits per heavy atom. The fraction of sp³-hybridized carbons (Fsp3) is 0.692. The Morgan fingerprint density at radius 1 is 1.59 bits per heavy atom. The first-order valence-corrected chi connectivity index (χ1v) is 7.32. The summed E-state index contributed by atoms with van der Waals surface area (Å²) in [5.41, 5.74) is 2.36.